The Labute approximate surface area is 221 Å². The van der Waals surface area contributed by atoms with E-state index in [4.69, 9.17) is 4.74 Å². The van der Waals surface area contributed by atoms with Crippen LogP contribution in [0.25, 0.3) is 22.3 Å². The zero-order valence-corrected chi connectivity index (χ0v) is 21.7. The van der Waals surface area contributed by atoms with E-state index in [-0.39, 0.29) is 22.6 Å². The number of carbonyl (C=O) groups excluding carboxylic acids is 2. The first-order valence-corrected chi connectivity index (χ1v) is 13.7. The molecule has 4 aromatic rings. The van der Waals surface area contributed by atoms with Crippen molar-refractivity contribution in [2.45, 2.75) is 17.4 Å². The molecular formula is C30H27NO6S. The lowest BCUT2D eigenvalue weighted by Gasteiger charge is -2.18. The number of amides is 1. The minimum atomic E-state index is -3.34. The molecule has 0 aliphatic carbocycles. The average Bonchev–Trinajstić information content (AvgIpc) is 2.93. The van der Waals surface area contributed by atoms with Gasteiger partial charge in [-0.2, -0.15) is 0 Å². The van der Waals surface area contributed by atoms with Crippen LogP contribution in [0.4, 0.5) is 0 Å². The van der Waals surface area contributed by atoms with Gasteiger partial charge < -0.3 is 15.2 Å². The topological polar surface area (TPSA) is 110 Å². The monoisotopic (exact) mass is 529 g/mol. The fraction of sp³-hybridized carbons (Fsp3) is 0.133. The Morgan fingerprint density at radius 2 is 1.37 bits per heavy atom. The van der Waals surface area contributed by atoms with Crippen molar-refractivity contribution in [3.05, 3.63) is 108 Å². The summed E-state index contributed by atoms with van der Waals surface area (Å²) in [5, 5.41) is 13.1. The Balaban J connectivity index is 1.53. The minimum Gasteiger partial charge on any atom is -0.507 e. The van der Waals surface area contributed by atoms with E-state index in [1.807, 2.05) is 54.6 Å². The highest BCUT2D eigenvalue weighted by atomic mass is 32.2. The summed E-state index contributed by atoms with van der Waals surface area (Å²) in [4.78, 5) is 25.8. The molecule has 0 aliphatic heterocycles. The van der Waals surface area contributed by atoms with Crippen LogP contribution >= 0.6 is 0 Å². The van der Waals surface area contributed by atoms with Crippen LogP contribution in [0.5, 0.6) is 5.75 Å². The van der Waals surface area contributed by atoms with Gasteiger partial charge in [-0.3, -0.25) is 4.79 Å². The van der Waals surface area contributed by atoms with Crippen LogP contribution < -0.4 is 5.32 Å². The highest BCUT2D eigenvalue weighted by Crippen LogP contribution is 2.27. The van der Waals surface area contributed by atoms with Gasteiger partial charge >= 0.3 is 5.97 Å². The fourth-order valence-electron chi connectivity index (χ4n) is 4.06. The van der Waals surface area contributed by atoms with Gasteiger partial charge in [-0.1, -0.05) is 72.8 Å². The number of nitrogens with one attached hydrogen (secondary N) is 1. The molecule has 1 atom stereocenters. The van der Waals surface area contributed by atoms with Gasteiger partial charge in [-0.25, -0.2) is 13.2 Å². The molecule has 8 heteroatoms. The van der Waals surface area contributed by atoms with Gasteiger partial charge in [0.1, 0.15) is 11.8 Å². The number of hydrogen-bond acceptors (Lipinski definition) is 6. The molecule has 0 fully saturated rings. The molecule has 0 aromatic heterocycles. The maximum atomic E-state index is 13.1. The predicted octanol–water partition coefficient (Wildman–Crippen LogP) is 4.64. The second-order valence-corrected chi connectivity index (χ2v) is 10.9. The van der Waals surface area contributed by atoms with Gasteiger partial charge in [0.15, 0.2) is 9.84 Å². The zero-order valence-electron chi connectivity index (χ0n) is 20.9. The molecule has 38 heavy (non-hydrogen) atoms. The van der Waals surface area contributed by atoms with E-state index >= 15 is 0 Å². The van der Waals surface area contributed by atoms with Crippen molar-refractivity contribution >= 4 is 21.7 Å². The maximum Gasteiger partial charge on any atom is 0.328 e. The molecule has 4 rings (SSSR count). The van der Waals surface area contributed by atoms with Crippen LogP contribution in [-0.4, -0.2) is 44.8 Å². The van der Waals surface area contributed by atoms with E-state index in [9.17, 15) is 23.1 Å². The third-order valence-corrected chi connectivity index (χ3v) is 7.28. The van der Waals surface area contributed by atoms with Gasteiger partial charge in [-0.15, -0.1) is 0 Å². The summed E-state index contributed by atoms with van der Waals surface area (Å²) in [5.41, 5.74) is 4.15. The smallest absolute Gasteiger partial charge is 0.328 e. The second kappa shape index (κ2) is 11.3. The summed E-state index contributed by atoms with van der Waals surface area (Å²) < 4.78 is 28.4. The van der Waals surface area contributed by atoms with Gasteiger partial charge in [0.25, 0.3) is 5.91 Å². The summed E-state index contributed by atoms with van der Waals surface area (Å²) in [7, 11) is -2.10. The number of rotatable bonds is 8. The fourth-order valence-corrected chi connectivity index (χ4v) is 4.69. The number of benzene rings is 4. The van der Waals surface area contributed by atoms with Gasteiger partial charge in [0.05, 0.1) is 17.6 Å². The number of aromatic hydroxyl groups is 1. The highest BCUT2D eigenvalue weighted by Gasteiger charge is 2.24. The van der Waals surface area contributed by atoms with Crippen molar-refractivity contribution in [1.29, 1.82) is 0 Å². The summed E-state index contributed by atoms with van der Waals surface area (Å²) in [5.74, 6) is -1.51. The van der Waals surface area contributed by atoms with Crippen molar-refractivity contribution in [3.63, 3.8) is 0 Å². The predicted molar refractivity (Wildman–Crippen MR) is 146 cm³/mol. The third-order valence-electron chi connectivity index (χ3n) is 6.15. The number of phenolic OH excluding ortho intramolecular Hbond substituents is 1. The number of phenols is 1. The van der Waals surface area contributed by atoms with Crippen LogP contribution in [-0.2, 0) is 25.8 Å². The summed E-state index contributed by atoms with van der Waals surface area (Å²) in [6.07, 6.45) is 1.32. The van der Waals surface area contributed by atoms with E-state index in [1.165, 1.54) is 31.4 Å². The minimum absolute atomic E-state index is 0.0250. The molecule has 7 nitrogen and oxygen atoms in total. The maximum absolute atomic E-state index is 13.1. The quantitative estimate of drug-likeness (QED) is 0.322. The molecule has 0 heterocycles. The first-order valence-electron chi connectivity index (χ1n) is 11.8. The lowest BCUT2D eigenvalue weighted by molar-refractivity contribution is -0.142. The summed E-state index contributed by atoms with van der Waals surface area (Å²) in [6, 6.07) is 27.3. The van der Waals surface area contributed by atoms with Crippen LogP contribution in [0.2, 0.25) is 0 Å². The number of esters is 1. The largest absolute Gasteiger partial charge is 0.507 e. The molecule has 0 unspecified atom stereocenters. The first-order chi connectivity index (χ1) is 18.2. The molecule has 0 radical (unpaired) electrons. The van der Waals surface area contributed by atoms with E-state index < -0.39 is 27.8 Å². The van der Waals surface area contributed by atoms with Crippen LogP contribution in [0, 0.1) is 0 Å². The van der Waals surface area contributed by atoms with Crippen molar-refractivity contribution in [1.82, 2.24) is 5.32 Å². The number of carbonyl (C=O) groups is 2. The van der Waals surface area contributed by atoms with Gasteiger partial charge in [-0.05, 0) is 52.1 Å². The number of hydrogen-bond donors (Lipinski definition) is 2. The lowest BCUT2D eigenvalue weighted by Crippen LogP contribution is -2.43. The molecular weight excluding hydrogens is 502 g/mol. The van der Waals surface area contributed by atoms with Crippen LogP contribution in [0.1, 0.15) is 15.9 Å². The molecule has 0 aliphatic rings. The molecule has 0 saturated heterocycles. The average molecular weight is 530 g/mol. The molecule has 194 valence electrons. The normalized spacial score (nSPS) is 11.9. The molecule has 0 bridgehead atoms. The Morgan fingerprint density at radius 1 is 0.816 bits per heavy atom. The molecule has 2 N–H and O–H groups in total. The highest BCUT2D eigenvalue weighted by molar-refractivity contribution is 7.90. The zero-order chi connectivity index (χ0) is 27.3. The lowest BCUT2D eigenvalue weighted by atomic mass is 9.99. The summed E-state index contributed by atoms with van der Waals surface area (Å²) >= 11 is 0. The number of ether oxygens (including phenoxy) is 1. The number of sulfone groups is 1. The van der Waals surface area contributed by atoms with E-state index in [1.54, 1.807) is 18.2 Å². The van der Waals surface area contributed by atoms with Crippen molar-refractivity contribution in [3.8, 4) is 28.0 Å². The Morgan fingerprint density at radius 3 is 1.97 bits per heavy atom. The van der Waals surface area contributed by atoms with E-state index in [2.05, 4.69) is 5.32 Å². The van der Waals surface area contributed by atoms with Crippen LogP contribution in [0.15, 0.2) is 102 Å². The van der Waals surface area contributed by atoms with Crippen molar-refractivity contribution in [2.75, 3.05) is 13.4 Å². The first kappa shape index (κ1) is 26.6. The summed E-state index contributed by atoms with van der Waals surface area (Å²) in [6.45, 7) is 0. The molecule has 1 amide bonds. The molecule has 0 spiro atoms. The molecule has 0 saturated carbocycles. The van der Waals surface area contributed by atoms with Crippen molar-refractivity contribution < 1.29 is 27.9 Å². The van der Waals surface area contributed by atoms with Gasteiger partial charge in [0.2, 0.25) is 0 Å². The second-order valence-electron chi connectivity index (χ2n) is 8.84. The van der Waals surface area contributed by atoms with E-state index in [0.717, 1.165) is 22.9 Å². The Hall–Kier alpha value is -4.43. The third kappa shape index (κ3) is 6.27. The number of methoxy groups -OCH3 is 1. The van der Waals surface area contributed by atoms with Gasteiger partial charge in [0, 0.05) is 12.7 Å². The van der Waals surface area contributed by atoms with Crippen LogP contribution in [0.3, 0.4) is 0 Å². The SMILES string of the molecule is COC(=O)[C@H](Cc1ccc(-c2ccccc2)cc1)NC(=O)c1cc(-c2ccc(S(C)(=O)=O)cc2)ccc1O. The Bertz CT molecular complexity index is 1550. The van der Waals surface area contributed by atoms with E-state index in [0.29, 0.717) is 11.1 Å². The van der Waals surface area contributed by atoms with Crippen molar-refractivity contribution in [2.24, 2.45) is 0 Å². The Kier molecular flexibility index (Phi) is 7.93. The molecule has 4 aromatic carbocycles. The standard InChI is InChI=1S/C30H27NO6S/c1-37-30(34)27(18-20-8-10-22(11-9-20)21-6-4-3-5-7-21)31-29(33)26-19-24(14-17-28(26)32)23-12-15-25(16-13-23)38(2,35)36/h3-17,19,27,32H,18H2,1-2H3,(H,31,33)/t27-/m0/s1.